The van der Waals surface area contributed by atoms with E-state index in [1.165, 1.54) is 5.56 Å². The number of carbonyl (C=O) groups is 1. The molecule has 0 radical (unpaired) electrons. The lowest BCUT2D eigenvalue weighted by atomic mass is 9.99. The molecule has 0 bridgehead atoms. The van der Waals surface area contributed by atoms with Crippen molar-refractivity contribution in [3.05, 3.63) is 60.2 Å². The first kappa shape index (κ1) is 11.8. The van der Waals surface area contributed by atoms with Gasteiger partial charge in [0, 0.05) is 0 Å². The third-order valence-electron chi connectivity index (χ3n) is 3.64. The van der Waals surface area contributed by atoms with Gasteiger partial charge in [0.15, 0.2) is 0 Å². The normalized spacial score (nSPS) is 15.8. The lowest BCUT2D eigenvalue weighted by Gasteiger charge is -2.16. The van der Waals surface area contributed by atoms with Crippen molar-refractivity contribution in [1.82, 2.24) is 5.32 Å². The number of carboxylic acid groups (broad SMARTS) is 1. The van der Waals surface area contributed by atoms with Crippen LogP contribution in [-0.4, -0.2) is 11.2 Å². The number of nitrogens with one attached hydrogen (secondary N) is 1. The molecule has 1 aliphatic carbocycles. The highest BCUT2D eigenvalue weighted by molar-refractivity contribution is 5.68. The molecule has 0 atom stereocenters. The fraction of sp³-hybridized carbons (Fsp3) is 0.188. The molecule has 3 nitrogen and oxygen atoms in total. The van der Waals surface area contributed by atoms with Crippen LogP contribution in [0.4, 0.5) is 4.79 Å². The van der Waals surface area contributed by atoms with Crippen LogP contribution < -0.4 is 5.32 Å². The second-order valence-corrected chi connectivity index (χ2v) is 4.96. The van der Waals surface area contributed by atoms with E-state index in [-0.39, 0.29) is 5.54 Å². The minimum Gasteiger partial charge on any atom is -0.465 e. The molecule has 1 saturated carbocycles. The predicted octanol–water partition coefficient (Wildman–Crippen LogP) is 3.61. The first-order valence-electron chi connectivity index (χ1n) is 6.37. The van der Waals surface area contributed by atoms with E-state index in [4.69, 9.17) is 5.11 Å². The molecular formula is C16H15NO2. The molecule has 1 fully saturated rings. The van der Waals surface area contributed by atoms with Crippen LogP contribution in [0.5, 0.6) is 0 Å². The Hall–Kier alpha value is -2.29. The molecule has 0 heterocycles. The smallest absolute Gasteiger partial charge is 0.405 e. The second kappa shape index (κ2) is 4.43. The molecule has 2 N–H and O–H groups in total. The van der Waals surface area contributed by atoms with Gasteiger partial charge >= 0.3 is 6.09 Å². The van der Waals surface area contributed by atoms with Crippen molar-refractivity contribution in [2.24, 2.45) is 0 Å². The Morgan fingerprint density at radius 1 is 0.947 bits per heavy atom. The molecule has 2 aromatic rings. The van der Waals surface area contributed by atoms with Crippen molar-refractivity contribution >= 4 is 6.09 Å². The zero-order valence-corrected chi connectivity index (χ0v) is 10.5. The second-order valence-electron chi connectivity index (χ2n) is 4.96. The molecule has 3 heteroatoms. The Balaban J connectivity index is 1.86. The Morgan fingerprint density at radius 3 is 2.05 bits per heavy atom. The van der Waals surface area contributed by atoms with Crippen LogP contribution in [0.1, 0.15) is 18.4 Å². The van der Waals surface area contributed by atoms with E-state index in [0.29, 0.717) is 0 Å². The van der Waals surface area contributed by atoms with Crippen LogP contribution in [0.3, 0.4) is 0 Å². The van der Waals surface area contributed by atoms with Gasteiger partial charge in [0.25, 0.3) is 0 Å². The fourth-order valence-corrected chi connectivity index (χ4v) is 2.43. The van der Waals surface area contributed by atoms with Gasteiger partial charge < -0.3 is 10.4 Å². The SMILES string of the molecule is O=C(O)NC1(c2ccc(-c3ccccc3)cc2)CC1. The van der Waals surface area contributed by atoms with E-state index in [1.807, 2.05) is 42.5 Å². The van der Waals surface area contributed by atoms with Crippen molar-refractivity contribution < 1.29 is 9.90 Å². The maximum absolute atomic E-state index is 10.8. The molecule has 2 aromatic carbocycles. The average Bonchev–Trinajstić information content (AvgIpc) is 3.20. The summed E-state index contributed by atoms with van der Waals surface area (Å²) >= 11 is 0. The quantitative estimate of drug-likeness (QED) is 0.877. The third-order valence-corrected chi connectivity index (χ3v) is 3.64. The van der Waals surface area contributed by atoms with Crippen molar-refractivity contribution in [1.29, 1.82) is 0 Å². The van der Waals surface area contributed by atoms with E-state index < -0.39 is 6.09 Å². The van der Waals surface area contributed by atoms with Gasteiger partial charge in [-0.2, -0.15) is 0 Å². The van der Waals surface area contributed by atoms with Crippen LogP contribution in [-0.2, 0) is 5.54 Å². The highest BCUT2D eigenvalue weighted by Crippen LogP contribution is 2.45. The van der Waals surface area contributed by atoms with E-state index in [9.17, 15) is 4.79 Å². The van der Waals surface area contributed by atoms with E-state index in [2.05, 4.69) is 17.4 Å². The number of rotatable bonds is 3. The minimum absolute atomic E-state index is 0.346. The standard InChI is InChI=1S/C16H15NO2/c18-15(19)17-16(10-11-16)14-8-6-13(7-9-14)12-4-2-1-3-5-12/h1-9,17H,10-11H2,(H,18,19). The summed E-state index contributed by atoms with van der Waals surface area (Å²) in [4.78, 5) is 10.8. The summed E-state index contributed by atoms with van der Waals surface area (Å²) in [5, 5.41) is 11.5. The summed E-state index contributed by atoms with van der Waals surface area (Å²) < 4.78 is 0. The van der Waals surface area contributed by atoms with Gasteiger partial charge in [-0.25, -0.2) is 4.79 Å². The summed E-state index contributed by atoms with van der Waals surface area (Å²) in [6.07, 6.45) is 0.804. The fourth-order valence-electron chi connectivity index (χ4n) is 2.43. The monoisotopic (exact) mass is 253 g/mol. The van der Waals surface area contributed by atoms with Crippen LogP contribution in [0.15, 0.2) is 54.6 Å². The summed E-state index contributed by atoms with van der Waals surface area (Å²) in [6.45, 7) is 0. The van der Waals surface area contributed by atoms with E-state index >= 15 is 0 Å². The van der Waals surface area contributed by atoms with E-state index in [1.54, 1.807) is 0 Å². The summed E-state index contributed by atoms with van der Waals surface area (Å²) in [5.74, 6) is 0. The summed E-state index contributed by atoms with van der Waals surface area (Å²) in [5.41, 5.74) is 3.02. The molecule has 0 aromatic heterocycles. The number of amides is 1. The van der Waals surface area contributed by atoms with Gasteiger partial charge in [-0.3, -0.25) is 0 Å². The topological polar surface area (TPSA) is 49.3 Å². The van der Waals surface area contributed by atoms with Crippen molar-refractivity contribution in [2.75, 3.05) is 0 Å². The third kappa shape index (κ3) is 2.32. The zero-order valence-electron chi connectivity index (χ0n) is 10.5. The van der Waals surface area contributed by atoms with Gasteiger partial charge in [0.2, 0.25) is 0 Å². The molecule has 0 unspecified atom stereocenters. The number of hydrogen-bond donors (Lipinski definition) is 2. The molecule has 3 rings (SSSR count). The Labute approximate surface area is 111 Å². The van der Waals surface area contributed by atoms with Crippen molar-refractivity contribution in [3.63, 3.8) is 0 Å². The van der Waals surface area contributed by atoms with Crippen LogP contribution in [0.2, 0.25) is 0 Å². The Bertz CT molecular complexity index is 586. The molecular weight excluding hydrogens is 238 g/mol. The summed E-state index contributed by atoms with van der Waals surface area (Å²) in [6, 6.07) is 18.3. The van der Waals surface area contributed by atoms with Gasteiger partial charge in [-0.15, -0.1) is 0 Å². The zero-order chi connectivity index (χ0) is 13.3. The molecule has 19 heavy (non-hydrogen) atoms. The van der Waals surface area contributed by atoms with Gasteiger partial charge in [0.1, 0.15) is 0 Å². The predicted molar refractivity (Wildman–Crippen MR) is 74.0 cm³/mol. The lowest BCUT2D eigenvalue weighted by Crippen LogP contribution is -2.33. The number of hydrogen-bond acceptors (Lipinski definition) is 1. The molecule has 1 amide bonds. The number of benzene rings is 2. The molecule has 0 aliphatic heterocycles. The van der Waals surface area contributed by atoms with Gasteiger partial charge in [0.05, 0.1) is 5.54 Å². The van der Waals surface area contributed by atoms with Crippen LogP contribution in [0, 0.1) is 0 Å². The Morgan fingerprint density at radius 2 is 1.53 bits per heavy atom. The average molecular weight is 253 g/mol. The molecule has 0 saturated heterocycles. The minimum atomic E-state index is -0.954. The van der Waals surface area contributed by atoms with Crippen LogP contribution >= 0.6 is 0 Å². The highest BCUT2D eigenvalue weighted by atomic mass is 16.4. The lowest BCUT2D eigenvalue weighted by molar-refractivity contribution is 0.188. The molecule has 96 valence electrons. The molecule has 1 aliphatic rings. The molecule has 0 spiro atoms. The maximum atomic E-state index is 10.8. The first-order valence-corrected chi connectivity index (χ1v) is 6.37. The van der Waals surface area contributed by atoms with Crippen molar-refractivity contribution in [2.45, 2.75) is 18.4 Å². The Kier molecular flexibility index (Phi) is 2.75. The van der Waals surface area contributed by atoms with Crippen LogP contribution in [0.25, 0.3) is 11.1 Å². The maximum Gasteiger partial charge on any atom is 0.405 e. The largest absolute Gasteiger partial charge is 0.465 e. The van der Waals surface area contributed by atoms with Gasteiger partial charge in [-0.05, 0) is 29.5 Å². The first-order chi connectivity index (χ1) is 9.20. The van der Waals surface area contributed by atoms with E-state index in [0.717, 1.165) is 24.0 Å². The summed E-state index contributed by atoms with van der Waals surface area (Å²) in [7, 11) is 0. The van der Waals surface area contributed by atoms with Crippen molar-refractivity contribution in [3.8, 4) is 11.1 Å². The highest BCUT2D eigenvalue weighted by Gasteiger charge is 2.45. The van der Waals surface area contributed by atoms with Gasteiger partial charge in [-0.1, -0.05) is 54.6 Å².